The largest absolute Gasteiger partial charge is 0.373 e. The second kappa shape index (κ2) is 7.71. The Balaban J connectivity index is 1.73. The molecule has 0 saturated heterocycles. The van der Waals surface area contributed by atoms with Crippen molar-refractivity contribution in [1.82, 2.24) is 9.55 Å². The lowest BCUT2D eigenvalue weighted by atomic mass is 10.2. The molecule has 0 fully saturated rings. The van der Waals surface area contributed by atoms with Gasteiger partial charge in [-0.2, -0.15) is 0 Å². The molecule has 7 heteroatoms. The molecule has 0 atom stereocenters. The molecule has 2 aromatic carbocycles. The predicted molar refractivity (Wildman–Crippen MR) is 109 cm³/mol. The van der Waals surface area contributed by atoms with Gasteiger partial charge in [0, 0.05) is 23.5 Å². The number of amides is 1. The lowest BCUT2D eigenvalue weighted by Crippen LogP contribution is -2.18. The molecule has 0 aliphatic heterocycles. The molecule has 0 saturated carbocycles. The summed E-state index contributed by atoms with van der Waals surface area (Å²) >= 11 is 0. The number of nitrogens with zero attached hydrogens (tertiary/aromatic N) is 2. The van der Waals surface area contributed by atoms with E-state index in [4.69, 9.17) is 0 Å². The summed E-state index contributed by atoms with van der Waals surface area (Å²) in [6.07, 6.45) is 1.53. The third kappa shape index (κ3) is 3.80. The smallest absolute Gasteiger partial charge is 0.272 e. The Morgan fingerprint density at radius 2 is 1.90 bits per heavy atom. The first-order chi connectivity index (χ1) is 14.0. The van der Waals surface area contributed by atoms with E-state index in [1.54, 1.807) is 54.1 Å². The highest BCUT2D eigenvalue weighted by Crippen LogP contribution is 2.24. The van der Waals surface area contributed by atoms with E-state index in [0.717, 1.165) is 0 Å². The lowest BCUT2D eigenvalue weighted by molar-refractivity contribution is 0.101. The number of nitrogens with one attached hydrogen (secondary N) is 2. The van der Waals surface area contributed by atoms with Crippen molar-refractivity contribution in [3.63, 3.8) is 0 Å². The summed E-state index contributed by atoms with van der Waals surface area (Å²) in [6.45, 7) is 0.140. The third-order valence-corrected chi connectivity index (χ3v) is 4.66. The minimum absolute atomic E-state index is 0.140. The summed E-state index contributed by atoms with van der Waals surface area (Å²) < 4.78 is 29.6. The van der Waals surface area contributed by atoms with Crippen LogP contribution in [0.4, 0.5) is 20.3 Å². The molecule has 146 valence electrons. The van der Waals surface area contributed by atoms with E-state index in [1.807, 2.05) is 0 Å². The molecule has 2 aromatic heterocycles. The fourth-order valence-corrected chi connectivity index (χ4v) is 3.21. The molecule has 0 spiro atoms. The van der Waals surface area contributed by atoms with Crippen LogP contribution in [0.1, 0.15) is 16.1 Å². The van der Waals surface area contributed by atoms with Crippen LogP contribution in [0.3, 0.4) is 0 Å². The Labute approximate surface area is 166 Å². The summed E-state index contributed by atoms with van der Waals surface area (Å²) in [5.74, 6) is -0.488. The van der Waals surface area contributed by atoms with Gasteiger partial charge >= 0.3 is 0 Å². The number of aromatic nitrogens is 2. The van der Waals surface area contributed by atoms with E-state index in [2.05, 4.69) is 15.6 Å². The predicted octanol–water partition coefficient (Wildman–Crippen LogP) is 4.66. The number of carbonyl (C=O) groups is 1. The quantitative estimate of drug-likeness (QED) is 0.520. The minimum atomic E-state index is -0.403. The first kappa shape index (κ1) is 18.6. The van der Waals surface area contributed by atoms with E-state index in [-0.39, 0.29) is 12.4 Å². The van der Waals surface area contributed by atoms with E-state index >= 15 is 0 Å². The molecule has 0 radical (unpaired) electrons. The van der Waals surface area contributed by atoms with Gasteiger partial charge in [-0.05, 0) is 42.5 Å². The Morgan fingerprint density at radius 3 is 2.62 bits per heavy atom. The molecule has 4 aromatic rings. The summed E-state index contributed by atoms with van der Waals surface area (Å²) in [6, 6.07) is 15.7. The van der Waals surface area contributed by atoms with Crippen molar-refractivity contribution < 1.29 is 13.6 Å². The van der Waals surface area contributed by atoms with Crippen LogP contribution in [-0.4, -0.2) is 22.5 Å². The van der Waals surface area contributed by atoms with E-state index in [9.17, 15) is 13.6 Å². The molecule has 29 heavy (non-hydrogen) atoms. The molecular weight excluding hydrogens is 374 g/mol. The monoisotopic (exact) mass is 392 g/mol. The van der Waals surface area contributed by atoms with Crippen LogP contribution >= 0.6 is 0 Å². The van der Waals surface area contributed by atoms with Crippen molar-refractivity contribution >= 4 is 28.3 Å². The number of halogens is 2. The molecule has 0 unspecified atom stereocenters. The Kier molecular flexibility index (Phi) is 4.95. The van der Waals surface area contributed by atoms with Crippen molar-refractivity contribution in [2.45, 2.75) is 6.54 Å². The average molecular weight is 392 g/mol. The van der Waals surface area contributed by atoms with Crippen LogP contribution in [0.2, 0.25) is 0 Å². The zero-order chi connectivity index (χ0) is 20.4. The van der Waals surface area contributed by atoms with Crippen molar-refractivity contribution in [1.29, 1.82) is 0 Å². The molecule has 0 bridgehead atoms. The molecule has 0 aliphatic carbocycles. The maximum absolute atomic E-state index is 14.2. The summed E-state index contributed by atoms with van der Waals surface area (Å²) in [7, 11) is 1.75. The van der Waals surface area contributed by atoms with Crippen molar-refractivity contribution in [3.8, 4) is 0 Å². The zero-order valence-electron chi connectivity index (χ0n) is 15.6. The van der Waals surface area contributed by atoms with Crippen molar-refractivity contribution in [3.05, 3.63) is 89.8 Å². The highest BCUT2D eigenvalue weighted by atomic mass is 19.1. The van der Waals surface area contributed by atoms with Gasteiger partial charge < -0.3 is 15.2 Å². The Hall–Kier alpha value is -3.74. The third-order valence-electron chi connectivity index (χ3n) is 4.66. The van der Waals surface area contributed by atoms with E-state index < -0.39 is 11.7 Å². The Morgan fingerprint density at radius 1 is 1.07 bits per heavy atom. The molecule has 2 heterocycles. The number of carbonyl (C=O) groups excluding carboxylic acids is 1. The second-order valence-electron chi connectivity index (χ2n) is 6.55. The minimum Gasteiger partial charge on any atom is -0.373 e. The van der Waals surface area contributed by atoms with Crippen LogP contribution in [0.15, 0.2) is 66.9 Å². The fraction of sp³-hybridized carbons (Fsp3) is 0.0909. The highest BCUT2D eigenvalue weighted by Gasteiger charge is 2.18. The number of benzene rings is 2. The van der Waals surface area contributed by atoms with Gasteiger partial charge in [0.1, 0.15) is 23.1 Å². The SMILES string of the molecule is CNc1ccc(NC(=O)c2cc3cc(F)ccc3n2Cc2ccccc2F)cn1. The van der Waals surface area contributed by atoms with Gasteiger partial charge in [0.05, 0.1) is 18.4 Å². The maximum atomic E-state index is 14.2. The Bertz CT molecular complexity index is 1190. The zero-order valence-corrected chi connectivity index (χ0v) is 15.6. The van der Waals surface area contributed by atoms with Crippen molar-refractivity contribution in [2.75, 3.05) is 17.7 Å². The molecule has 4 rings (SSSR count). The number of anilines is 2. The van der Waals surface area contributed by atoms with Gasteiger partial charge in [-0.1, -0.05) is 18.2 Å². The summed E-state index contributed by atoms with van der Waals surface area (Å²) in [4.78, 5) is 17.1. The molecule has 0 aliphatic rings. The van der Waals surface area contributed by atoms with Gasteiger partial charge in [-0.3, -0.25) is 4.79 Å². The summed E-state index contributed by atoms with van der Waals surface area (Å²) in [5, 5.41) is 6.26. The van der Waals surface area contributed by atoms with E-state index in [0.29, 0.717) is 33.7 Å². The fourth-order valence-electron chi connectivity index (χ4n) is 3.21. The van der Waals surface area contributed by atoms with Gasteiger partial charge in [0.15, 0.2) is 0 Å². The standard InChI is InChI=1S/C22H18F2N4O/c1-25-21-9-7-17(12-26-21)27-22(29)20-11-15-10-16(23)6-8-19(15)28(20)13-14-4-2-3-5-18(14)24/h2-12H,13H2,1H3,(H,25,26)(H,27,29). The van der Waals surface area contributed by atoms with E-state index in [1.165, 1.54) is 24.4 Å². The number of fused-ring (bicyclic) bond motifs is 1. The van der Waals surface area contributed by atoms with Gasteiger partial charge in [0.2, 0.25) is 0 Å². The van der Waals surface area contributed by atoms with Crippen molar-refractivity contribution in [2.24, 2.45) is 0 Å². The lowest BCUT2D eigenvalue weighted by Gasteiger charge is -2.12. The summed E-state index contributed by atoms with van der Waals surface area (Å²) in [5.41, 5.74) is 1.89. The van der Waals surface area contributed by atoms with Gasteiger partial charge in [-0.25, -0.2) is 13.8 Å². The number of hydrogen-bond donors (Lipinski definition) is 2. The number of hydrogen-bond acceptors (Lipinski definition) is 3. The van der Waals surface area contributed by atoms with Crippen LogP contribution in [0.25, 0.3) is 10.9 Å². The first-order valence-corrected chi connectivity index (χ1v) is 9.02. The first-order valence-electron chi connectivity index (χ1n) is 9.02. The molecule has 5 nitrogen and oxygen atoms in total. The van der Waals surface area contributed by atoms with Crippen LogP contribution in [0, 0.1) is 11.6 Å². The highest BCUT2D eigenvalue weighted by molar-refractivity contribution is 6.06. The molecular formula is C22H18F2N4O. The maximum Gasteiger partial charge on any atom is 0.272 e. The average Bonchev–Trinajstić information content (AvgIpc) is 3.08. The topological polar surface area (TPSA) is 58.9 Å². The normalized spacial score (nSPS) is 10.9. The second-order valence-corrected chi connectivity index (χ2v) is 6.55. The molecule has 2 N–H and O–H groups in total. The van der Waals surface area contributed by atoms with Crippen LogP contribution in [-0.2, 0) is 6.54 Å². The molecule has 1 amide bonds. The van der Waals surface area contributed by atoms with Gasteiger partial charge in [0.25, 0.3) is 5.91 Å². The van der Waals surface area contributed by atoms with Crippen LogP contribution in [0.5, 0.6) is 0 Å². The van der Waals surface area contributed by atoms with Gasteiger partial charge in [-0.15, -0.1) is 0 Å². The number of rotatable bonds is 5. The van der Waals surface area contributed by atoms with Crippen LogP contribution < -0.4 is 10.6 Å². The number of pyridine rings is 1.